The number of halogens is 1. The van der Waals surface area contributed by atoms with Gasteiger partial charge in [-0.3, -0.25) is 14.4 Å². The number of carbonyl (C=O) groups excluding carboxylic acids is 4. The predicted octanol–water partition coefficient (Wildman–Crippen LogP) is 6.77. The summed E-state index contributed by atoms with van der Waals surface area (Å²) in [4.78, 5) is 67.7. The number of nitrogens with one attached hydrogen (secondary N) is 4. The molecule has 1 saturated heterocycles. The van der Waals surface area contributed by atoms with E-state index in [2.05, 4.69) is 22.5 Å². The van der Waals surface area contributed by atoms with Crippen molar-refractivity contribution in [1.82, 2.24) is 30.2 Å². The van der Waals surface area contributed by atoms with Gasteiger partial charge in [0, 0.05) is 46.3 Å². The summed E-state index contributed by atoms with van der Waals surface area (Å²) in [5, 5.41) is 12.4. The highest BCUT2D eigenvalue weighted by atomic mass is 35.5. The minimum atomic E-state index is -4.73. The minimum Gasteiger partial charge on any atom is -0.497 e. The molecule has 1 aliphatic heterocycles. The Kier molecular flexibility index (Phi) is 13.9. The minimum absolute atomic E-state index is 0.0184. The Balaban J connectivity index is 1.20. The standard InChI is InChI=1S/C45H54ClN7O10S2/c1-8-26-22-45(26,41(56)52-65(58,59)63-29-15-13-27(46)14-16-29)51-39(54)36-20-31(23-53(36)40(55)38(44(4,5)6)50-43(57)62-28-11-9-10-12-28)61-37-21-34(35-24-64-42(49-35)47-25(2)3)48-33-19-30(60-7)17-18-32(33)37/h8,13-19,21,24-26,28,31,36,38H,1,9-12,20,22-23H2,2-7H3,(H,47,49)(H,50,57)(H,51,54)(H,52,56)/t26-,31-,36?,38-,45-/m1/s1. The highest BCUT2D eigenvalue weighted by Crippen LogP contribution is 2.45. The van der Waals surface area contributed by atoms with Crippen molar-refractivity contribution in [3.8, 4) is 28.6 Å². The van der Waals surface area contributed by atoms with Gasteiger partial charge in [-0.15, -0.1) is 17.9 Å². The van der Waals surface area contributed by atoms with Crippen molar-refractivity contribution in [3.05, 3.63) is 71.6 Å². The van der Waals surface area contributed by atoms with Crippen molar-refractivity contribution in [2.24, 2.45) is 11.3 Å². The summed E-state index contributed by atoms with van der Waals surface area (Å²) in [7, 11) is -3.17. The van der Waals surface area contributed by atoms with Gasteiger partial charge in [-0.05, 0) is 87.8 Å². The molecule has 0 spiro atoms. The van der Waals surface area contributed by atoms with Crippen LogP contribution >= 0.6 is 22.9 Å². The van der Waals surface area contributed by atoms with Crippen LogP contribution in [0.15, 0.2) is 66.6 Å². The Morgan fingerprint density at radius 3 is 2.35 bits per heavy atom. The van der Waals surface area contributed by atoms with Gasteiger partial charge in [-0.2, -0.15) is 8.42 Å². The van der Waals surface area contributed by atoms with Crippen molar-refractivity contribution >= 4 is 73.1 Å². The third-order valence-corrected chi connectivity index (χ3v) is 13.4. The van der Waals surface area contributed by atoms with Crippen LogP contribution in [-0.2, 0) is 29.4 Å². The Hall–Kier alpha value is -5.66. The molecular formula is C45H54ClN7O10S2. The van der Waals surface area contributed by atoms with Gasteiger partial charge < -0.3 is 39.2 Å². The van der Waals surface area contributed by atoms with E-state index in [1.807, 2.05) is 23.9 Å². The molecule has 4 amide bonds. The number of likely N-dealkylation sites (tertiary alicyclic amines) is 1. The summed E-state index contributed by atoms with van der Waals surface area (Å²) in [6.07, 6.45) is 2.90. The van der Waals surface area contributed by atoms with Crippen LogP contribution in [-0.4, -0.2) is 96.6 Å². The first kappa shape index (κ1) is 47.3. The first-order chi connectivity index (χ1) is 30.8. The van der Waals surface area contributed by atoms with Gasteiger partial charge in [0.1, 0.15) is 52.8 Å². The van der Waals surface area contributed by atoms with E-state index in [0.29, 0.717) is 43.9 Å². The number of ether oxygens (including phenoxy) is 3. The van der Waals surface area contributed by atoms with Crippen molar-refractivity contribution in [3.63, 3.8) is 0 Å². The molecule has 1 unspecified atom stereocenters. The van der Waals surface area contributed by atoms with Crippen molar-refractivity contribution in [2.45, 2.75) is 109 Å². The molecule has 2 aliphatic carbocycles. The predicted molar refractivity (Wildman–Crippen MR) is 246 cm³/mol. The molecule has 4 N–H and O–H groups in total. The van der Waals surface area contributed by atoms with Crippen LogP contribution < -0.4 is 34.3 Å². The van der Waals surface area contributed by atoms with Gasteiger partial charge in [0.25, 0.3) is 5.91 Å². The lowest BCUT2D eigenvalue weighted by atomic mass is 9.85. The maximum Gasteiger partial charge on any atom is 0.409 e. The van der Waals surface area contributed by atoms with Crippen LogP contribution in [0, 0.1) is 11.3 Å². The number of anilines is 1. The van der Waals surface area contributed by atoms with E-state index in [0.717, 1.165) is 25.7 Å². The zero-order valence-corrected chi connectivity index (χ0v) is 39.4. The zero-order chi connectivity index (χ0) is 46.8. The second kappa shape index (κ2) is 19.1. The van der Waals surface area contributed by atoms with Crippen LogP contribution in [0.3, 0.4) is 0 Å². The van der Waals surface area contributed by atoms with Gasteiger partial charge in [-0.1, -0.05) is 38.4 Å². The summed E-state index contributed by atoms with van der Waals surface area (Å²) in [5.41, 5.74) is -0.946. The molecule has 348 valence electrons. The Labute approximate surface area is 387 Å². The Morgan fingerprint density at radius 1 is 1.00 bits per heavy atom. The van der Waals surface area contributed by atoms with Crippen LogP contribution in [0.4, 0.5) is 9.93 Å². The lowest BCUT2D eigenvalue weighted by Gasteiger charge is -2.35. The molecule has 2 saturated carbocycles. The van der Waals surface area contributed by atoms with E-state index >= 15 is 0 Å². The average Bonchev–Trinajstić information content (AvgIpc) is 3.65. The maximum atomic E-state index is 14.9. The molecule has 4 aromatic rings. The van der Waals surface area contributed by atoms with Gasteiger partial charge in [0.05, 0.1) is 24.9 Å². The summed E-state index contributed by atoms with van der Waals surface area (Å²) in [6, 6.07) is 10.3. The second-order valence-electron chi connectivity index (χ2n) is 17.9. The number of hydrogen-bond donors (Lipinski definition) is 4. The smallest absolute Gasteiger partial charge is 0.409 e. The Bertz CT molecular complexity index is 2560. The maximum absolute atomic E-state index is 14.9. The molecular weight excluding hydrogens is 898 g/mol. The van der Waals surface area contributed by atoms with E-state index < -0.39 is 69.2 Å². The van der Waals surface area contributed by atoms with E-state index in [9.17, 15) is 27.6 Å². The fourth-order valence-electron chi connectivity index (χ4n) is 8.09. The monoisotopic (exact) mass is 951 g/mol. The summed E-state index contributed by atoms with van der Waals surface area (Å²) >= 11 is 7.36. The number of fused-ring (bicyclic) bond motifs is 1. The highest BCUT2D eigenvalue weighted by Gasteiger charge is 2.62. The molecule has 3 heterocycles. The molecule has 2 aromatic carbocycles. The van der Waals surface area contributed by atoms with Gasteiger partial charge >= 0.3 is 16.4 Å². The van der Waals surface area contributed by atoms with E-state index in [4.69, 9.17) is 40.0 Å². The Morgan fingerprint density at radius 2 is 1.71 bits per heavy atom. The van der Waals surface area contributed by atoms with Crippen LogP contribution in [0.5, 0.6) is 17.2 Å². The lowest BCUT2D eigenvalue weighted by Crippen LogP contribution is -2.60. The van der Waals surface area contributed by atoms with Gasteiger partial charge in [-0.25, -0.2) is 19.5 Å². The van der Waals surface area contributed by atoms with Crippen LogP contribution in [0.2, 0.25) is 5.02 Å². The van der Waals surface area contributed by atoms with Gasteiger partial charge in [0.15, 0.2) is 5.13 Å². The number of rotatable bonds is 16. The molecule has 3 aliphatic rings. The molecule has 7 rings (SSSR count). The quantitative estimate of drug-likeness (QED) is 0.0854. The fourth-order valence-corrected chi connectivity index (χ4v) is 9.89. The average molecular weight is 953 g/mol. The number of hydrogen-bond acceptors (Lipinski definition) is 14. The first-order valence-corrected chi connectivity index (χ1v) is 24.1. The number of aromatic nitrogens is 2. The molecule has 17 nitrogen and oxygen atoms in total. The van der Waals surface area contributed by atoms with E-state index in [1.165, 1.54) is 46.6 Å². The van der Waals surface area contributed by atoms with Crippen molar-refractivity contribution in [1.29, 1.82) is 0 Å². The lowest BCUT2D eigenvalue weighted by molar-refractivity contribution is -0.143. The topological polar surface area (TPSA) is 216 Å². The zero-order valence-electron chi connectivity index (χ0n) is 37.0. The molecule has 3 fully saturated rings. The number of carbonyl (C=O) groups is 4. The second-order valence-corrected chi connectivity index (χ2v) is 20.5. The summed E-state index contributed by atoms with van der Waals surface area (Å²) in [6.45, 7) is 13.1. The van der Waals surface area contributed by atoms with E-state index in [-0.39, 0.29) is 37.3 Å². The molecule has 5 atom stereocenters. The fraction of sp³-hybridized carbons (Fsp3) is 0.467. The molecule has 0 bridgehead atoms. The summed E-state index contributed by atoms with van der Waals surface area (Å²) in [5.74, 6) is -2.19. The number of nitrogens with zero attached hydrogens (tertiary/aromatic N) is 3. The summed E-state index contributed by atoms with van der Waals surface area (Å²) < 4.78 is 51.1. The molecule has 2 aromatic heterocycles. The van der Waals surface area contributed by atoms with Crippen LogP contribution in [0.1, 0.15) is 73.1 Å². The van der Waals surface area contributed by atoms with Crippen LogP contribution in [0.25, 0.3) is 22.3 Å². The molecule has 0 radical (unpaired) electrons. The first-order valence-electron chi connectivity index (χ1n) is 21.4. The third-order valence-electron chi connectivity index (χ3n) is 11.5. The molecule has 20 heteroatoms. The number of amides is 4. The number of pyridine rings is 1. The van der Waals surface area contributed by atoms with Crippen molar-refractivity contribution in [2.75, 3.05) is 19.0 Å². The van der Waals surface area contributed by atoms with Gasteiger partial charge in [0.2, 0.25) is 11.8 Å². The third kappa shape index (κ3) is 11.1. The largest absolute Gasteiger partial charge is 0.497 e. The number of thiazole rings is 1. The molecule has 65 heavy (non-hydrogen) atoms. The number of benzene rings is 2. The van der Waals surface area contributed by atoms with E-state index in [1.54, 1.807) is 52.1 Å². The SMILES string of the molecule is C=C[C@@H]1C[C@]1(NC(=O)C1C[C@@H](Oc2cc(-c3csc(NC(C)C)n3)nc3cc(OC)ccc23)CN1C(=O)[C@@H](NC(=O)OC1CCCC1)C(C)(C)C)C(=O)NS(=O)(=O)Oc1ccc(Cl)cc1. The highest BCUT2D eigenvalue weighted by molar-refractivity contribution is 7.85. The number of methoxy groups -OCH3 is 1. The normalized spacial score (nSPS) is 21.4. The number of alkyl carbamates (subject to hydrolysis) is 1. The van der Waals surface area contributed by atoms with Crippen molar-refractivity contribution < 1.29 is 46.0 Å².